The van der Waals surface area contributed by atoms with Crippen molar-refractivity contribution in [2.75, 3.05) is 24.9 Å². The second-order valence-electron chi connectivity index (χ2n) is 5.43. The van der Waals surface area contributed by atoms with Crippen molar-refractivity contribution < 1.29 is 14.3 Å². The van der Waals surface area contributed by atoms with Gasteiger partial charge in [0.05, 0.1) is 14.2 Å². The maximum atomic E-state index is 12.4. The molecule has 2 rings (SSSR count). The molecule has 1 amide bonds. The van der Waals surface area contributed by atoms with Crippen molar-refractivity contribution in [3.05, 3.63) is 48.0 Å². The van der Waals surface area contributed by atoms with Crippen molar-refractivity contribution in [3.8, 4) is 11.5 Å². The van der Waals surface area contributed by atoms with Gasteiger partial charge in [0.25, 0.3) is 5.91 Å². The van der Waals surface area contributed by atoms with E-state index < -0.39 is 0 Å². The summed E-state index contributed by atoms with van der Waals surface area (Å²) in [4.78, 5) is 12.4. The van der Waals surface area contributed by atoms with Crippen molar-refractivity contribution in [3.63, 3.8) is 0 Å². The van der Waals surface area contributed by atoms with Crippen LogP contribution in [-0.2, 0) is 0 Å². The Morgan fingerprint density at radius 1 is 0.913 bits per heavy atom. The molecule has 2 N–H and O–H groups in total. The van der Waals surface area contributed by atoms with Gasteiger partial charge in [-0.05, 0) is 50.2 Å². The third kappa shape index (κ3) is 4.64. The van der Waals surface area contributed by atoms with Gasteiger partial charge in [-0.2, -0.15) is 0 Å². The first-order chi connectivity index (χ1) is 11.0. The number of amides is 1. The third-order valence-electron chi connectivity index (χ3n) is 3.21. The van der Waals surface area contributed by atoms with E-state index in [2.05, 4.69) is 24.5 Å². The molecule has 23 heavy (non-hydrogen) atoms. The second-order valence-corrected chi connectivity index (χ2v) is 5.43. The van der Waals surface area contributed by atoms with Gasteiger partial charge >= 0.3 is 0 Å². The molecule has 2 aromatic rings. The summed E-state index contributed by atoms with van der Waals surface area (Å²) in [6.45, 7) is 4.15. The zero-order valence-corrected chi connectivity index (χ0v) is 13.8. The van der Waals surface area contributed by atoms with Crippen LogP contribution in [0.2, 0.25) is 0 Å². The van der Waals surface area contributed by atoms with Crippen LogP contribution in [0, 0.1) is 0 Å². The van der Waals surface area contributed by atoms with Gasteiger partial charge in [-0.1, -0.05) is 0 Å². The molecule has 0 fully saturated rings. The van der Waals surface area contributed by atoms with Crippen molar-refractivity contribution in [2.24, 2.45) is 0 Å². The minimum atomic E-state index is -0.216. The fraction of sp³-hybridized carbons (Fsp3) is 0.278. The number of carbonyl (C=O) groups is 1. The van der Waals surface area contributed by atoms with Gasteiger partial charge in [0.2, 0.25) is 0 Å². The smallest absolute Gasteiger partial charge is 0.255 e. The summed E-state index contributed by atoms with van der Waals surface area (Å²) in [5, 5.41) is 6.16. The first kappa shape index (κ1) is 16.7. The fourth-order valence-electron chi connectivity index (χ4n) is 2.12. The van der Waals surface area contributed by atoms with Gasteiger partial charge in [-0.15, -0.1) is 0 Å². The number of hydrogen-bond acceptors (Lipinski definition) is 4. The Morgan fingerprint density at radius 3 is 1.91 bits per heavy atom. The molecule has 5 heteroatoms. The molecule has 0 spiro atoms. The summed E-state index contributed by atoms with van der Waals surface area (Å²) >= 11 is 0. The molecule has 0 aliphatic heterocycles. The van der Waals surface area contributed by atoms with E-state index in [1.807, 2.05) is 24.3 Å². The summed E-state index contributed by atoms with van der Waals surface area (Å²) in [5.41, 5.74) is 2.22. The maximum absolute atomic E-state index is 12.4. The van der Waals surface area contributed by atoms with Crippen LogP contribution in [0.5, 0.6) is 11.5 Å². The van der Waals surface area contributed by atoms with Crippen LogP contribution < -0.4 is 20.1 Å². The van der Waals surface area contributed by atoms with Crippen LogP contribution in [0.1, 0.15) is 24.2 Å². The van der Waals surface area contributed by atoms with Crippen LogP contribution >= 0.6 is 0 Å². The molecule has 0 bridgehead atoms. The summed E-state index contributed by atoms with van der Waals surface area (Å²) in [5.74, 6) is 0.934. The van der Waals surface area contributed by atoms with E-state index in [0.29, 0.717) is 23.1 Å². The minimum absolute atomic E-state index is 0.216. The number of carbonyl (C=O) groups excluding carboxylic acids is 1. The monoisotopic (exact) mass is 314 g/mol. The van der Waals surface area contributed by atoms with Gasteiger partial charge in [0.15, 0.2) is 0 Å². The number of methoxy groups -OCH3 is 2. The van der Waals surface area contributed by atoms with Gasteiger partial charge in [0, 0.05) is 29.0 Å². The highest BCUT2D eigenvalue weighted by molar-refractivity contribution is 6.04. The lowest BCUT2D eigenvalue weighted by atomic mass is 10.1. The molecular formula is C18H22N2O3. The Hall–Kier alpha value is -2.69. The number of nitrogens with one attached hydrogen (secondary N) is 2. The summed E-state index contributed by atoms with van der Waals surface area (Å²) in [6.07, 6.45) is 0. The highest BCUT2D eigenvalue weighted by Crippen LogP contribution is 2.23. The Kier molecular flexibility index (Phi) is 5.46. The Balaban J connectivity index is 2.12. The average Bonchev–Trinajstić information content (AvgIpc) is 2.55. The average molecular weight is 314 g/mol. The van der Waals surface area contributed by atoms with E-state index in [9.17, 15) is 4.79 Å². The topological polar surface area (TPSA) is 59.6 Å². The molecule has 0 unspecified atom stereocenters. The van der Waals surface area contributed by atoms with Crippen molar-refractivity contribution >= 4 is 17.3 Å². The van der Waals surface area contributed by atoms with E-state index in [1.54, 1.807) is 32.4 Å². The van der Waals surface area contributed by atoms with Gasteiger partial charge in [0.1, 0.15) is 11.5 Å². The van der Waals surface area contributed by atoms with Gasteiger partial charge < -0.3 is 20.1 Å². The molecule has 0 aromatic heterocycles. The van der Waals surface area contributed by atoms with Crippen molar-refractivity contribution in [2.45, 2.75) is 19.9 Å². The number of ether oxygens (including phenoxy) is 2. The zero-order chi connectivity index (χ0) is 16.8. The highest BCUT2D eigenvalue weighted by atomic mass is 16.5. The number of rotatable bonds is 6. The van der Waals surface area contributed by atoms with Gasteiger partial charge in [-0.25, -0.2) is 0 Å². The molecular weight excluding hydrogens is 292 g/mol. The van der Waals surface area contributed by atoms with Crippen LogP contribution in [0.15, 0.2) is 42.5 Å². The Bertz CT molecular complexity index is 644. The second kappa shape index (κ2) is 7.54. The van der Waals surface area contributed by atoms with Crippen LogP contribution in [0.25, 0.3) is 0 Å². The third-order valence-corrected chi connectivity index (χ3v) is 3.21. The Labute approximate surface area is 136 Å². The van der Waals surface area contributed by atoms with E-state index in [-0.39, 0.29) is 5.91 Å². The SMILES string of the molecule is COc1cc(OC)cc(C(=O)Nc2ccc(NC(C)C)cc2)c1. The maximum Gasteiger partial charge on any atom is 0.255 e. The van der Waals surface area contributed by atoms with E-state index in [4.69, 9.17) is 9.47 Å². The standard InChI is InChI=1S/C18H22N2O3/c1-12(2)19-14-5-7-15(8-6-14)20-18(21)13-9-16(22-3)11-17(10-13)23-4/h5-12,19H,1-4H3,(H,20,21). The first-order valence-electron chi connectivity index (χ1n) is 7.43. The lowest BCUT2D eigenvalue weighted by Gasteiger charge is -2.12. The molecule has 0 aliphatic carbocycles. The quantitative estimate of drug-likeness (QED) is 0.852. The molecule has 5 nitrogen and oxygen atoms in total. The van der Waals surface area contributed by atoms with E-state index in [1.165, 1.54) is 0 Å². The number of hydrogen-bond donors (Lipinski definition) is 2. The minimum Gasteiger partial charge on any atom is -0.497 e. The predicted octanol–water partition coefficient (Wildman–Crippen LogP) is 3.78. The van der Waals surface area contributed by atoms with Crippen LogP contribution in [-0.4, -0.2) is 26.2 Å². The van der Waals surface area contributed by atoms with Crippen molar-refractivity contribution in [1.82, 2.24) is 0 Å². The highest BCUT2D eigenvalue weighted by Gasteiger charge is 2.10. The number of anilines is 2. The molecule has 0 atom stereocenters. The first-order valence-corrected chi connectivity index (χ1v) is 7.43. The van der Waals surface area contributed by atoms with E-state index in [0.717, 1.165) is 11.4 Å². The molecule has 0 heterocycles. The summed E-state index contributed by atoms with van der Waals surface area (Å²) in [6, 6.07) is 13.0. The molecule has 2 aromatic carbocycles. The normalized spacial score (nSPS) is 10.3. The zero-order valence-electron chi connectivity index (χ0n) is 13.8. The van der Waals surface area contributed by atoms with Crippen LogP contribution in [0.4, 0.5) is 11.4 Å². The molecule has 0 saturated carbocycles. The molecule has 0 saturated heterocycles. The molecule has 122 valence electrons. The lowest BCUT2D eigenvalue weighted by molar-refractivity contribution is 0.102. The molecule has 0 radical (unpaired) electrons. The number of benzene rings is 2. The van der Waals surface area contributed by atoms with Crippen LogP contribution in [0.3, 0.4) is 0 Å². The predicted molar refractivity (Wildman–Crippen MR) is 92.7 cm³/mol. The Morgan fingerprint density at radius 2 is 1.43 bits per heavy atom. The summed E-state index contributed by atoms with van der Waals surface area (Å²) < 4.78 is 10.4. The largest absolute Gasteiger partial charge is 0.497 e. The molecule has 0 aliphatic rings. The fourth-order valence-corrected chi connectivity index (χ4v) is 2.12. The van der Waals surface area contributed by atoms with Crippen molar-refractivity contribution in [1.29, 1.82) is 0 Å². The lowest BCUT2D eigenvalue weighted by Crippen LogP contribution is -2.13. The van der Waals surface area contributed by atoms with E-state index >= 15 is 0 Å². The van der Waals surface area contributed by atoms with Gasteiger partial charge in [-0.3, -0.25) is 4.79 Å². The summed E-state index contributed by atoms with van der Waals surface area (Å²) in [7, 11) is 3.10.